The zero-order valence-electron chi connectivity index (χ0n) is 11.4. The number of aromatic carboxylic acids is 1. The van der Waals surface area contributed by atoms with Crippen LogP contribution in [0.2, 0.25) is 0 Å². The Hall–Kier alpha value is -0.950. The Morgan fingerprint density at radius 1 is 1.42 bits per heavy atom. The molecular formula is C13H19NO4S. The number of carbonyl (C=O) groups is 1. The van der Waals surface area contributed by atoms with Crippen LogP contribution in [0.5, 0.6) is 0 Å². The largest absolute Gasteiger partial charge is 0.477 e. The number of rotatable bonds is 5. The first-order valence-electron chi connectivity index (χ1n) is 6.15. The molecule has 1 fully saturated rings. The average molecular weight is 285 g/mol. The van der Waals surface area contributed by atoms with Gasteiger partial charge in [0.1, 0.15) is 4.88 Å². The van der Waals surface area contributed by atoms with E-state index in [1.807, 2.05) is 6.92 Å². The Balaban J connectivity index is 2.04. The van der Waals surface area contributed by atoms with E-state index < -0.39 is 5.97 Å². The molecule has 0 spiro atoms. The maximum atomic E-state index is 11.0. The van der Waals surface area contributed by atoms with Crippen molar-refractivity contribution < 1.29 is 19.4 Å². The van der Waals surface area contributed by atoms with Gasteiger partial charge < -0.3 is 14.6 Å². The molecule has 106 valence electrons. The van der Waals surface area contributed by atoms with E-state index in [4.69, 9.17) is 14.6 Å². The quantitative estimate of drug-likeness (QED) is 0.890. The summed E-state index contributed by atoms with van der Waals surface area (Å²) in [7, 11) is 3.39. The fraction of sp³-hybridized carbons (Fsp3) is 0.615. The van der Waals surface area contributed by atoms with Crippen molar-refractivity contribution in [2.75, 3.05) is 27.3 Å². The van der Waals surface area contributed by atoms with E-state index in [0.717, 1.165) is 30.1 Å². The third-order valence-corrected chi connectivity index (χ3v) is 4.60. The van der Waals surface area contributed by atoms with Gasteiger partial charge >= 0.3 is 5.97 Å². The normalized spacial score (nSPS) is 23.9. The Labute approximate surface area is 116 Å². The second-order valence-corrected chi connectivity index (χ2v) is 6.00. The van der Waals surface area contributed by atoms with Crippen molar-refractivity contribution in [1.29, 1.82) is 0 Å². The second kappa shape index (κ2) is 6.00. The molecule has 1 saturated heterocycles. The summed E-state index contributed by atoms with van der Waals surface area (Å²) in [5.41, 5.74) is 1.08. The first kappa shape index (κ1) is 14.5. The van der Waals surface area contributed by atoms with E-state index in [1.54, 1.807) is 20.3 Å². The number of ether oxygens (including phenoxy) is 2. The van der Waals surface area contributed by atoms with Crippen molar-refractivity contribution in [3.05, 3.63) is 21.4 Å². The molecule has 0 saturated carbocycles. The van der Waals surface area contributed by atoms with Gasteiger partial charge in [0.25, 0.3) is 0 Å². The van der Waals surface area contributed by atoms with E-state index in [1.165, 1.54) is 11.3 Å². The molecule has 1 aromatic rings. The Morgan fingerprint density at radius 3 is 2.42 bits per heavy atom. The molecule has 19 heavy (non-hydrogen) atoms. The Kier molecular flexibility index (Phi) is 4.57. The van der Waals surface area contributed by atoms with E-state index in [9.17, 15) is 4.79 Å². The minimum atomic E-state index is -0.856. The first-order chi connectivity index (χ1) is 9.05. The standard InChI is InChI=1S/C13H19NO4S/c1-8-9(4-12(19-8)13(15)16)5-14-6-10(17-2)11(7-14)18-3/h4,10-11H,5-7H2,1-3H3,(H,15,16). The molecule has 1 aliphatic heterocycles. The van der Waals surface area contributed by atoms with Gasteiger partial charge in [-0.1, -0.05) is 0 Å². The lowest BCUT2D eigenvalue weighted by Crippen LogP contribution is -2.27. The predicted molar refractivity (Wildman–Crippen MR) is 72.9 cm³/mol. The van der Waals surface area contributed by atoms with Crippen LogP contribution in [0.15, 0.2) is 6.07 Å². The summed E-state index contributed by atoms with van der Waals surface area (Å²) in [6, 6.07) is 1.77. The lowest BCUT2D eigenvalue weighted by Gasteiger charge is -2.14. The molecule has 1 aliphatic rings. The highest BCUT2D eigenvalue weighted by atomic mass is 32.1. The number of thiophene rings is 1. The summed E-state index contributed by atoms with van der Waals surface area (Å²) in [6.07, 6.45) is 0.172. The second-order valence-electron chi connectivity index (χ2n) is 4.74. The van der Waals surface area contributed by atoms with Gasteiger partial charge in [0.2, 0.25) is 0 Å². The van der Waals surface area contributed by atoms with Gasteiger partial charge in [-0.05, 0) is 18.6 Å². The molecular weight excluding hydrogens is 266 g/mol. The molecule has 0 aliphatic carbocycles. The van der Waals surface area contributed by atoms with Gasteiger partial charge in [0.15, 0.2) is 0 Å². The molecule has 6 heteroatoms. The van der Waals surface area contributed by atoms with Gasteiger partial charge in [0.05, 0.1) is 12.2 Å². The molecule has 2 atom stereocenters. The third kappa shape index (κ3) is 3.14. The average Bonchev–Trinajstić information content (AvgIpc) is 2.94. The number of nitrogens with zero attached hydrogens (tertiary/aromatic N) is 1. The van der Waals surface area contributed by atoms with Crippen LogP contribution in [0.25, 0.3) is 0 Å². The highest BCUT2D eigenvalue weighted by Gasteiger charge is 2.33. The molecule has 1 aromatic heterocycles. The Bertz CT molecular complexity index is 447. The van der Waals surface area contributed by atoms with E-state index in [2.05, 4.69) is 4.90 Å². The number of hydrogen-bond donors (Lipinski definition) is 1. The first-order valence-corrected chi connectivity index (χ1v) is 6.97. The topological polar surface area (TPSA) is 59.0 Å². The Morgan fingerprint density at radius 2 is 2.00 bits per heavy atom. The summed E-state index contributed by atoms with van der Waals surface area (Å²) < 4.78 is 10.8. The third-order valence-electron chi connectivity index (χ3n) is 3.52. The summed E-state index contributed by atoms with van der Waals surface area (Å²) in [5.74, 6) is -0.856. The molecule has 2 heterocycles. The molecule has 1 N–H and O–H groups in total. The maximum Gasteiger partial charge on any atom is 0.345 e. The molecule has 0 radical (unpaired) electrons. The summed E-state index contributed by atoms with van der Waals surface area (Å²) >= 11 is 1.33. The molecule has 5 nitrogen and oxygen atoms in total. The summed E-state index contributed by atoms with van der Waals surface area (Å²) in [4.78, 5) is 14.7. The SMILES string of the molecule is COC1CN(Cc2cc(C(=O)O)sc2C)CC1OC. The van der Waals surface area contributed by atoms with Crippen LogP contribution < -0.4 is 0 Å². The van der Waals surface area contributed by atoms with Crippen molar-refractivity contribution in [2.45, 2.75) is 25.7 Å². The summed E-state index contributed by atoms with van der Waals surface area (Å²) in [5, 5.41) is 9.00. The fourth-order valence-electron chi connectivity index (χ4n) is 2.42. The van der Waals surface area contributed by atoms with E-state index in [0.29, 0.717) is 4.88 Å². The number of hydrogen-bond acceptors (Lipinski definition) is 5. The van der Waals surface area contributed by atoms with Crippen LogP contribution in [0.1, 0.15) is 20.1 Å². The van der Waals surface area contributed by atoms with Crippen molar-refractivity contribution in [1.82, 2.24) is 4.90 Å². The van der Waals surface area contributed by atoms with Gasteiger partial charge in [0, 0.05) is 38.7 Å². The number of carboxylic acids is 1. The number of carboxylic acid groups (broad SMARTS) is 1. The van der Waals surface area contributed by atoms with Gasteiger partial charge in [-0.25, -0.2) is 4.79 Å². The van der Waals surface area contributed by atoms with Crippen LogP contribution in [0.4, 0.5) is 0 Å². The van der Waals surface area contributed by atoms with Crippen LogP contribution in [-0.2, 0) is 16.0 Å². The lowest BCUT2D eigenvalue weighted by molar-refractivity contribution is -0.00461. The van der Waals surface area contributed by atoms with E-state index >= 15 is 0 Å². The minimum Gasteiger partial charge on any atom is -0.477 e. The highest BCUT2D eigenvalue weighted by Crippen LogP contribution is 2.25. The van der Waals surface area contributed by atoms with Crippen LogP contribution in [-0.4, -0.2) is 55.5 Å². The predicted octanol–water partition coefficient (Wildman–Crippen LogP) is 1.60. The number of aryl methyl sites for hydroxylation is 1. The fourth-order valence-corrected chi connectivity index (χ4v) is 3.30. The molecule has 0 amide bonds. The van der Waals surface area contributed by atoms with Crippen LogP contribution >= 0.6 is 11.3 Å². The van der Waals surface area contributed by atoms with Crippen molar-refractivity contribution >= 4 is 17.3 Å². The van der Waals surface area contributed by atoms with Crippen LogP contribution in [0.3, 0.4) is 0 Å². The van der Waals surface area contributed by atoms with Gasteiger partial charge in [-0.15, -0.1) is 11.3 Å². The zero-order valence-corrected chi connectivity index (χ0v) is 12.2. The lowest BCUT2D eigenvalue weighted by atomic mass is 10.2. The van der Waals surface area contributed by atoms with Crippen molar-refractivity contribution in [3.8, 4) is 0 Å². The monoisotopic (exact) mass is 285 g/mol. The van der Waals surface area contributed by atoms with Crippen molar-refractivity contribution in [3.63, 3.8) is 0 Å². The highest BCUT2D eigenvalue weighted by molar-refractivity contribution is 7.14. The molecule has 0 aromatic carbocycles. The summed E-state index contributed by atoms with van der Waals surface area (Å²) in [6.45, 7) is 4.33. The maximum absolute atomic E-state index is 11.0. The molecule has 2 rings (SSSR count). The zero-order chi connectivity index (χ0) is 14.0. The smallest absolute Gasteiger partial charge is 0.345 e. The van der Waals surface area contributed by atoms with Crippen molar-refractivity contribution in [2.24, 2.45) is 0 Å². The number of likely N-dealkylation sites (tertiary alicyclic amines) is 1. The van der Waals surface area contributed by atoms with Gasteiger partial charge in [-0.3, -0.25) is 4.90 Å². The van der Waals surface area contributed by atoms with E-state index in [-0.39, 0.29) is 12.2 Å². The molecule has 0 bridgehead atoms. The minimum absolute atomic E-state index is 0.0860. The molecule has 2 unspecified atom stereocenters. The van der Waals surface area contributed by atoms with Gasteiger partial charge in [-0.2, -0.15) is 0 Å². The number of methoxy groups -OCH3 is 2. The van der Waals surface area contributed by atoms with Crippen LogP contribution in [0, 0.1) is 6.92 Å².